The van der Waals surface area contributed by atoms with Crippen molar-refractivity contribution in [3.8, 4) is 0 Å². The highest BCUT2D eigenvalue weighted by molar-refractivity contribution is 9.10. The van der Waals surface area contributed by atoms with Crippen LogP contribution in [-0.4, -0.2) is 45.0 Å². The van der Waals surface area contributed by atoms with E-state index in [1.54, 1.807) is 24.3 Å². The summed E-state index contributed by atoms with van der Waals surface area (Å²) < 4.78 is 0.848. The summed E-state index contributed by atoms with van der Waals surface area (Å²) in [4.78, 5) is 32.0. The summed E-state index contributed by atoms with van der Waals surface area (Å²) in [5.41, 5.74) is 3.83. The number of rotatable bonds is 5. The van der Waals surface area contributed by atoms with Gasteiger partial charge in [-0.25, -0.2) is 0 Å². The number of carbonyl (C=O) groups excluding carboxylic acids is 2. The van der Waals surface area contributed by atoms with Crippen molar-refractivity contribution in [2.75, 3.05) is 42.9 Å². The van der Waals surface area contributed by atoms with Crippen LogP contribution in [0.1, 0.15) is 17.2 Å². The first-order valence-electron chi connectivity index (χ1n) is 10.8. The average molecular weight is 520 g/mol. The summed E-state index contributed by atoms with van der Waals surface area (Å²) in [6.45, 7) is 0. The molecular weight excluding hydrogens is 494 g/mol. The molecule has 1 heterocycles. The molecule has 1 atom stereocenters. The Kier molecular flexibility index (Phi) is 6.48. The highest BCUT2D eigenvalue weighted by Gasteiger charge is 2.47. The summed E-state index contributed by atoms with van der Waals surface area (Å²) >= 11 is 3.39. The average Bonchev–Trinajstić information content (AvgIpc) is 3.09. The summed E-state index contributed by atoms with van der Waals surface area (Å²) in [6.07, 6.45) is 0. The van der Waals surface area contributed by atoms with E-state index in [2.05, 4.69) is 15.9 Å². The predicted octanol–water partition coefficient (Wildman–Crippen LogP) is 5.21. The minimum absolute atomic E-state index is 0.0709. The Balaban J connectivity index is 1.89. The quantitative estimate of drug-likeness (QED) is 0.285. The van der Waals surface area contributed by atoms with E-state index in [4.69, 9.17) is 0 Å². The third-order valence-electron chi connectivity index (χ3n) is 5.93. The van der Waals surface area contributed by atoms with Crippen molar-refractivity contribution in [1.29, 1.82) is 0 Å². The molecule has 174 valence electrons. The van der Waals surface area contributed by atoms with Gasteiger partial charge in [0.15, 0.2) is 0 Å². The van der Waals surface area contributed by atoms with Crippen molar-refractivity contribution in [1.82, 2.24) is 0 Å². The molecule has 6 nitrogen and oxygen atoms in total. The van der Waals surface area contributed by atoms with Crippen molar-refractivity contribution < 1.29 is 14.7 Å². The normalized spacial score (nSPS) is 17.2. The first-order valence-corrected chi connectivity index (χ1v) is 11.6. The van der Waals surface area contributed by atoms with Crippen LogP contribution in [-0.2, 0) is 9.59 Å². The number of amides is 1. The van der Waals surface area contributed by atoms with Gasteiger partial charge < -0.3 is 14.9 Å². The van der Waals surface area contributed by atoms with Crippen LogP contribution in [0.2, 0.25) is 0 Å². The maximum atomic E-state index is 13.3. The van der Waals surface area contributed by atoms with Gasteiger partial charge in [0.1, 0.15) is 5.76 Å². The molecule has 0 aliphatic carbocycles. The van der Waals surface area contributed by atoms with Gasteiger partial charge >= 0.3 is 0 Å². The molecule has 0 saturated carbocycles. The number of anilines is 3. The van der Waals surface area contributed by atoms with E-state index < -0.39 is 17.7 Å². The molecule has 4 rings (SSSR count). The van der Waals surface area contributed by atoms with Gasteiger partial charge in [-0.2, -0.15) is 0 Å². The predicted molar refractivity (Wildman–Crippen MR) is 140 cm³/mol. The monoisotopic (exact) mass is 519 g/mol. The topological polar surface area (TPSA) is 64.1 Å². The summed E-state index contributed by atoms with van der Waals surface area (Å²) in [7, 11) is 7.76. The molecule has 1 saturated heterocycles. The Labute approximate surface area is 207 Å². The SMILES string of the molecule is CN(C)c1ccc(C2/C(=C(/O)c3ccc(Br)cc3)C(=O)C(=O)N2c2ccc(N(C)C)cc2)cc1. The van der Waals surface area contributed by atoms with Crippen LogP contribution < -0.4 is 14.7 Å². The van der Waals surface area contributed by atoms with Gasteiger partial charge in [-0.1, -0.05) is 40.2 Å². The van der Waals surface area contributed by atoms with Crippen LogP contribution in [0.3, 0.4) is 0 Å². The van der Waals surface area contributed by atoms with Crippen LogP contribution in [0.5, 0.6) is 0 Å². The number of aliphatic hydroxyl groups is 1. The molecule has 1 fully saturated rings. The van der Waals surface area contributed by atoms with E-state index in [-0.39, 0.29) is 11.3 Å². The van der Waals surface area contributed by atoms with E-state index in [1.807, 2.05) is 86.5 Å². The molecule has 1 unspecified atom stereocenters. The molecule has 7 heteroatoms. The van der Waals surface area contributed by atoms with Crippen LogP contribution in [0, 0.1) is 0 Å². The molecule has 1 N–H and O–H groups in total. The lowest BCUT2D eigenvalue weighted by Gasteiger charge is -2.26. The van der Waals surface area contributed by atoms with Gasteiger partial charge in [0, 0.05) is 55.3 Å². The second-order valence-electron chi connectivity index (χ2n) is 8.57. The van der Waals surface area contributed by atoms with Crippen LogP contribution in [0.15, 0.2) is 82.8 Å². The lowest BCUT2D eigenvalue weighted by Crippen LogP contribution is -2.29. The zero-order chi connectivity index (χ0) is 24.6. The maximum Gasteiger partial charge on any atom is 0.300 e. The van der Waals surface area contributed by atoms with Crippen LogP contribution in [0.4, 0.5) is 17.1 Å². The van der Waals surface area contributed by atoms with Crippen molar-refractivity contribution in [2.24, 2.45) is 0 Å². The molecule has 1 aliphatic heterocycles. The highest BCUT2D eigenvalue weighted by Crippen LogP contribution is 2.42. The lowest BCUT2D eigenvalue weighted by atomic mass is 9.95. The van der Waals surface area contributed by atoms with Crippen LogP contribution >= 0.6 is 15.9 Å². The van der Waals surface area contributed by atoms with Crippen molar-refractivity contribution in [3.63, 3.8) is 0 Å². The molecule has 0 spiro atoms. The Hall–Kier alpha value is -3.58. The molecule has 0 aromatic heterocycles. The number of Topliss-reactive ketones (excluding diaryl/α,β-unsaturated/α-hetero) is 1. The van der Waals surface area contributed by atoms with Gasteiger partial charge in [-0.15, -0.1) is 0 Å². The molecule has 0 radical (unpaired) electrons. The van der Waals surface area contributed by atoms with E-state index >= 15 is 0 Å². The largest absolute Gasteiger partial charge is 0.507 e. The van der Waals surface area contributed by atoms with Crippen molar-refractivity contribution >= 4 is 50.4 Å². The molecule has 3 aromatic carbocycles. The maximum absolute atomic E-state index is 13.3. The number of halogens is 1. The standard InChI is InChI=1S/C27H26BrN3O3/c1-29(2)20-11-7-17(8-12-20)24-23(25(32)18-5-9-19(28)10-6-18)26(33)27(34)31(24)22-15-13-21(14-16-22)30(3)4/h5-16,24,32H,1-4H3/b25-23-. The summed E-state index contributed by atoms with van der Waals surface area (Å²) in [5, 5.41) is 11.2. The third kappa shape index (κ3) is 4.31. The van der Waals surface area contributed by atoms with E-state index in [1.165, 1.54) is 4.90 Å². The highest BCUT2D eigenvalue weighted by atomic mass is 79.9. The zero-order valence-corrected chi connectivity index (χ0v) is 21.1. The summed E-state index contributed by atoms with van der Waals surface area (Å²) in [5.74, 6) is -1.57. The summed E-state index contributed by atoms with van der Waals surface area (Å²) in [6, 6.07) is 21.3. The lowest BCUT2D eigenvalue weighted by molar-refractivity contribution is -0.132. The van der Waals surface area contributed by atoms with Gasteiger partial charge in [0.05, 0.1) is 11.6 Å². The third-order valence-corrected chi connectivity index (χ3v) is 6.46. The van der Waals surface area contributed by atoms with E-state index in [0.29, 0.717) is 11.3 Å². The number of benzene rings is 3. The Morgan fingerprint density at radius 1 is 0.794 bits per heavy atom. The number of hydrogen-bond donors (Lipinski definition) is 1. The van der Waals surface area contributed by atoms with Crippen LogP contribution in [0.25, 0.3) is 5.76 Å². The fourth-order valence-corrected chi connectivity index (χ4v) is 4.31. The van der Waals surface area contributed by atoms with Gasteiger partial charge in [0.25, 0.3) is 11.7 Å². The molecule has 0 bridgehead atoms. The van der Waals surface area contributed by atoms with Crippen molar-refractivity contribution in [2.45, 2.75) is 6.04 Å². The Bertz CT molecular complexity index is 1250. The first kappa shape index (κ1) is 23.6. The fraction of sp³-hybridized carbons (Fsp3) is 0.185. The van der Waals surface area contributed by atoms with E-state index in [9.17, 15) is 14.7 Å². The molecule has 3 aromatic rings. The van der Waals surface area contributed by atoms with Gasteiger partial charge in [-0.05, 0) is 54.1 Å². The Morgan fingerprint density at radius 2 is 1.29 bits per heavy atom. The zero-order valence-electron chi connectivity index (χ0n) is 19.5. The Morgan fingerprint density at radius 3 is 1.79 bits per heavy atom. The number of aliphatic hydroxyl groups excluding tert-OH is 1. The first-order chi connectivity index (χ1) is 16.2. The van der Waals surface area contributed by atoms with Gasteiger partial charge in [0.2, 0.25) is 0 Å². The fourth-order valence-electron chi connectivity index (χ4n) is 4.04. The number of hydrogen-bond acceptors (Lipinski definition) is 5. The smallest absolute Gasteiger partial charge is 0.300 e. The molecule has 1 amide bonds. The molecular formula is C27H26BrN3O3. The second kappa shape index (κ2) is 9.35. The van der Waals surface area contributed by atoms with E-state index in [0.717, 1.165) is 21.4 Å². The molecule has 34 heavy (non-hydrogen) atoms. The minimum atomic E-state index is -0.759. The number of nitrogens with zero attached hydrogens (tertiary/aromatic N) is 3. The molecule has 1 aliphatic rings. The number of ketones is 1. The second-order valence-corrected chi connectivity index (χ2v) is 9.49. The minimum Gasteiger partial charge on any atom is -0.507 e. The van der Waals surface area contributed by atoms with Gasteiger partial charge in [-0.3, -0.25) is 14.5 Å². The number of carbonyl (C=O) groups is 2. The van der Waals surface area contributed by atoms with Crippen molar-refractivity contribution in [3.05, 3.63) is 94.0 Å².